The van der Waals surface area contributed by atoms with Crippen LogP contribution in [0.3, 0.4) is 0 Å². The number of carbonyl (C=O) groups excluding carboxylic acids is 2. The molecular weight excluding hydrogens is 622 g/mol. The van der Waals surface area contributed by atoms with Crippen LogP contribution in [-0.2, 0) is 14.3 Å². The second-order valence-electron chi connectivity index (χ2n) is 14.3. The van der Waals surface area contributed by atoms with E-state index in [0.717, 1.165) is 69.3 Å². The fourth-order valence-corrected chi connectivity index (χ4v) is 7.93. The van der Waals surface area contributed by atoms with E-state index in [4.69, 9.17) is 14.7 Å². The van der Waals surface area contributed by atoms with Crippen LogP contribution >= 0.6 is 0 Å². The highest BCUT2D eigenvalue weighted by molar-refractivity contribution is 5.89. The highest BCUT2D eigenvalue weighted by atomic mass is 16.5. The van der Waals surface area contributed by atoms with Crippen molar-refractivity contribution in [2.75, 3.05) is 13.7 Å². The number of aromatic nitrogens is 4. The Hall–Kier alpha value is -4.98. The third-order valence-electron chi connectivity index (χ3n) is 10.7. The Balaban J connectivity index is 1.18. The van der Waals surface area contributed by atoms with Gasteiger partial charge in [0.1, 0.15) is 11.6 Å². The Kier molecular flexibility index (Phi) is 9.70. The maximum absolute atomic E-state index is 13.7. The number of aromatic amines is 2. The molecule has 50 heavy (non-hydrogen) atoms. The number of methoxy groups -OCH3 is 1. The number of carbonyl (C=O) groups is 2. The van der Waals surface area contributed by atoms with Crippen LogP contribution in [0.5, 0.6) is 0 Å². The molecule has 258 valence electrons. The minimum atomic E-state index is -0.427. The predicted molar refractivity (Wildman–Crippen MR) is 197 cm³/mol. The first-order valence-electron chi connectivity index (χ1n) is 18.1. The average Bonchev–Trinajstić information content (AvgIpc) is 3.97. The van der Waals surface area contributed by atoms with Crippen molar-refractivity contribution in [1.82, 2.24) is 24.8 Å². The van der Waals surface area contributed by atoms with Gasteiger partial charge >= 0.3 is 5.97 Å². The molecule has 2 atom stereocenters. The molecule has 2 N–H and O–H groups in total. The van der Waals surface area contributed by atoms with Crippen LogP contribution < -0.4 is 0 Å². The van der Waals surface area contributed by atoms with Gasteiger partial charge < -0.3 is 19.6 Å². The molecule has 2 fully saturated rings. The number of esters is 1. The van der Waals surface area contributed by atoms with Gasteiger partial charge in [-0.2, -0.15) is 0 Å². The van der Waals surface area contributed by atoms with Gasteiger partial charge in [0.25, 0.3) is 0 Å². The molecule has 2 aromatic heterocycles. The van der Waals surface area contributed by atoms with E-state index < -0.39 is 5.92 Å². The highest BCUT2D eigenvalue weighted by Gasteiger charge is 2.37. The van der Waals surface area contributed by atoms with Crippen molar-refractivity contribution >= 4 is 11.9 Å². The number of nitrogens with zero attached hydrogens (tertiary/aromatic N) is 3. The number of benzene rings is 3. The molecule has 5 aromatic rings. The van der Waals surface area contributed by atoms with E-state index in [1.54, 1.807) is 0 Å². The molecule has 1 aliphatic carbocycles. The number of H-pyrrole nitrogens is 2. The predicted octanol–water partition coefficient (Wildman–Crippen LogP) is 9.27. The summed E-state index contributed by atoms with van der Waals surface area (Å²) in [5, 5.41) is 0. The summed E-state index contributed by atoms with van der Waals surface area (Å²) in [6.07, 6.45) is 10.7. The van der Waals surface area contributed by atoms with E-state index in [9.17, 15) is 9.59 Å². The van der Waals surface area contributed by atoms with Gasteiger partial charge in [0, 0.05) is 18.0 Å². The van der Waals surface area contributed by atoms with Crippen LogP contribution in [0.25, 0.3) is 44.8 Å². The molecule has 1 aliphatic heterocycles. The first-order valence-corrected chi connectivity index (χ1v) is 18.1. The first-order chi connectivity index (χ1) is 24.3. The number of imidazole rings is 2. The maximum atomic E-state index is 13.7. The molecule has 8 nitrogen and oxygen atoms in total. The molecule has 3 aromatic carbocycles. The molecule has 7 rings (SSSR count). The van der Waals surface area contributed by atoms with Gasteiger partial charge in [0.15, 0.2) is 0 Å². The molecule has 0 spiro atoms. The van der Waals surface area contributed by atoms with Gasteiger partial charge in [-0.05, 0) is 84.0 Å². The van der Waals surface area contributed by atoms with Gasteiger partial charge in [-0.3, -0.25) is 9.59 Å². The zero-order valence-electron chi connectivity index (χ0n) is 29.5. The Morgan fingerprint density at radius 3 is 2.18 bits per heavy atom. The molecule has 3 heterocycles. The SMILES string of the molecule is COC(=O)C[C@H](C(=O)N1CCC[C@H]1c1ncc(-c2cc(C)c(-c3ccc(-c4cnc(C5CCCC5)[nH]4)cc3)c(-c3ccccc3)c2)[nH]1)C(C)C. The van der Waals surface area contributed by atoms with Crippen LogP contribution in [0.1, 0.15) is 88.0 Å². The molecule has 1 saturated carbocycles. The first kappa shape index (κ1) is 33.5. The standard InChI is InChI=1S/C42H47N5O3/c1-26(2)33(23-38(48)50-4)42(49)47-20-10-15-37(47)41-44-25-36(46-41)32-21-27(3)39(34(22-32)28-11-6-5-7-12-28)30-18-16-29(17-19-30)35-24-43-40(45-35)31-13-8-9-14-31/h5-7,11-12,16-19,21-22,24-26,31,33,37H,8-10,13-15,20,23H2,1-4H3,(H,43,45)(H,44,46)/t33-,37-/m0/s1. The normalized spacial score (nSPS) is 17.1. The number of hydrogen-bond donors (Lipinski definition) is 2. The molecule has 2 aliphatic rings. The largest absolute Gasteiger partial charge is 0.469 e. The topological polar surface area (TPSA) is 104 Å². The summed E-state index contributed by atoms with van der Waals surface area (Å²) in [5.74, 6) is 1.67. The summed E-state index contributed by atoms with van der Waals surface area (Å²) < 4.78 is 4.90. The van der Waals surface area contributed by atoms with E-state index >= 15 is 0 Å². The summed E-state index contributed by atoms with van der Waals surface area (Å²) >= 11 is 0. The Morgan fingerprint density at radius 2 is 1.48 bits per heavy atom. The third kappa shape index (κ3) is 6.76. The Morgan fingerprint density at radius 1 is 0.820 bits per heavy atom. The zero-order valence-corrected chi connectivity index (χ0v) is 29.5. The number of hydrogen-bond acceptors (Lipinski definition) is 5. The second-order valence-corrected chi connectivity index (χ2v) is 14.3. The number of rotatable bonds is 10. The lowest BCUT2D eigenvalue weighted by molar-refractivity contribution is -0.148. The van der Waals surface area contributed by atoms with E-state index in [2.05, 4.69) is 77.6 Å². The Bertz CT molecular complexity index is 1950. The Labute approximate surface area is 294 Å². The summed E-state index contributed by atoms with van der Waals surface area (Å²) in [7, 11) is 1.37. The quantitative estimate of drug-likeness (QED) is 0.144. The fourth-order valence-electron chi connectivity index (χ4n) is 7.93. The number of aryl methyl sites for hydroxylation is 1. The van der Waals surface area contributed by atoms with E-state index in [1.807, 2.05) is 37.2 Å². The highest BCUT2D eigenvalue weighted by Crippen LogP contribution is 2.40. The zero-order chi connectivity index (χ0) is 34.8. The third-order valence-corrected chi connectivity index (χ3v) is 10.7. The van der Waals surface area contributed by atoms with Crippen molar-refractivity contribution in [3.8, 4) is 44.8 Å². The van der Waals surface area contributed by atoms with Gasteiger partial charge in [0.2, 0.25) is 5.91 Å². The minimum Gasteiger partial charge on any atom is -0.469 e. The van der Waals surface area contributed by atoms with Crippen LogP contribution in [-0.4, -0.2) is 50.4 Å². The molecule has 0 bridgehead atoms. The minimum absolute atomic E-state index is 0.00906. The fraction of sp³-hybridized carbons (Fsp3) is 0.381. The second kappa shape index (κ2) is 14.5. The van der Waals surface area contributed by atoms with Gasteiger partial charge in [0.05, 0.1) is 49.3 Å². The van der Waals surface area contributed by atoms with E-state index in [0.29, 0.717) is 12.5 Å². The number of ether oxygens (including phenoxy) is 1. The lowest BCUT2D eigenvalue weighted by Crippen LogP contribution is -2.39. The van der Waals surface area contributed by atoms with Crippen molar-refractivity contribution in [2.24, 2.45) is 11.8 Å². The molecule has 8 heteroatoms. The van der Waals surface area contributed by atoms with Crippen molar-refractivity contribution in [3.63, 3.8) is 0 Å². The van der Waals surface area contributed by atoms with Crippen molar-refractivity contribution in [3.05, 3.63) is 96.3 Å². The summed E-state index contributed by atoms with van der Waals surface area (Å²) in [4.78, 5) is 44.5. The van der Waals surface area contributed by atoms with Crippen molar-refractivity contribution in [1.29, 1.82) is 0 Å². The molecule has 0 unspecified atom stereocenters. The number of nitrogens with one attached hydrogen (secondary N) is 2. The van der Waals surface area contributed by atoms with E-state index in [-0.39, 0.29) is 30.3 Å². The summed E-state index contributed by atoms with van der Waals surface area (Å²) in [5.41, 5.74) is 9.96. The smallest absolute Gasteiger partial charge is 0.306 e. The van der Waals surface area contributed by atoms with E-state index in [1.165, 1.54) is 38.4 Å². The summed E-state index contributed by atoms with van der Waals surface area (Å²) in [6, 6.07) is 23.6. The number of likely N-dealkylation sites (tertiary alicyclic amines) is 1. The van der Waals surface area contributed by atoms with Crippen molar-refractivity contribution < 1.29 is 14.3 Å². The molecule has 0 radical (unpaired) electrons. The summed E-state index contributed by atoms with van der Waals surface area (Å²) in [6.45, 7) is 6.79. The molecular formula is C42H47N5O3. The lowest BCUT2D eigenvalue weighted by Gasteiger charge is -2.29. The average molecular weight is 670 g/mol. The van der Waals surface area contributed by atoms with Gasteiger partial charge in [-0.15, -0.1) is 0 Å². The van der Waals surface area contributed by atoms with Gasteiger partial charge in [-0.1, -0.05) is 81.3 Å². The van der Waals surface area contributed by atoms with Crippen LogP contribution in [0.15, 0.2) is 79.1 Å². The van der Waals surface area contributed by atoms with Crippen LogP contribution in [0, 0.1) is 18.8 Å². The van der Waals surface area contributed by atoms with Crippen LogP contribution in [0.4, 0.5) is 0 Å². The molecule has 1 amide bonds. The molecule has 1 saturated heterocycles. The van der Waals surface area contributed by atoms with Crippen molar-refractivity contribution in [2.45, 2.75) is 77.7 Å². The number of amides is 1. The van der Waals surface area contributed by atoms with Gasteiger partial charge in [-0.25, -0.2) is 9.97 Å². The monoisotopic (exact) mass is 669 g/mol. The maximum Gasteiger partial charge on any atom is 0.306 e. The van der Waals surface area contributed by atoms with Crippen LogP contribution in [0.2, 0.25) is 0 Å². The lowest BCUT2D eigenvalue weighted by atomic mass is 9.88.